The van der Waals surface area contributed by atoms with Gasteiger partial charge in [0.2, 0.25) is 0 Å². The summed E-state index contributed by atoms with van der Waals surface area (Å²) in [7, 11) is 1.60. The van der Waals surface area contributed by atoms with Crippen molar-refractivity contribution in [2.75, 3.05) is 20.3 Å². The Morgan fingerprint density at radius 3 is 3.00 bits per heavy atom. The molecular weight excluding hydrogens is 187 g/mol. The van der Waals surface area contributed by atoms with E-state index in [9.17, 15) is 4.39 Å². The van der Waals surface area contributed by atoms with Gasteiger partial charge in [0.15, 0.2) is 0 Å². The summed E-state index contributed by atoms with van der Waals surface area (Å²) in [5.41, 5.74) is 3.42. The topological polar surface area (TPSA) is 43.4 Å². The molecule has 0 saturated heterocycles. The van der Waals surface area contributed by atoms with Crippen molar-refractivity contribution in [3.63, 3.8) is 0 Å². The fourth-order valence-electron chi connectivity index (χ4n) is 0.884. The molecule has 0 amide bonds. The molecule has 0 unspecified atom stereocenters. The predicted molar refractivity (Wildman–Crippen MR) is 48.9 cm³/mol. The van der Waals surface area contributed by atoms with Crippen LogP contribution in [-0.4, -0.2) is 25.3 Å². The van der Waals surface area contributed by atoms with E-state index in [1.165, 1.54) is 6.07 Å². The van der Waals surface area contributed by atoms with Gasteiger partial charge in [-0.25, -0.2) is 4.39 Å². The van der Waals surface area contributed by atoms with E-state index < -0.39 is 0 Å². The summed E-state index contributed by atoms with van der Waals surface area (Å²) in [5.74, 6) is -0.346. The molecule has 4 nitrogen and oxygen atoms in total. The summed E-state index contributed by atoms with van der Waals surface area (Å²) in [6.07, 6.45) is 2.74. The van der Waals surface area contributed by atoms with Crippen LogP contribution in [0.1, 0.15) is 5.56 Å². The summed E-state index contributed by atoms with van der Waals surface area (Å²) in [6.45, 7) is 1.40. The Hall–Kier alpha value is -1.04. The molecule has 78 valence electrons. The van der Waals surface area contributed by atoms with E-state index in [1.807, 2.05) is 0 Å². The van der Waals surface area contributed by atoms with Gasteiger partial charge in [0, 0.05) is 19.9 Å². The van der Waals surface area contributed by atoms with Gasteiger partial charge in [-0.1, -0.05) is 0 Å². The van der Waals surface area contributed by atoms with Crippen LogP contribution in [0.25, 0.3) is 0 Å². The van der Waals surface area contributed by atoms with E-state index >= 15 is 0 Å². The standard InChI is InChI=1S/C9H13FN2O2/c1-13-2-3-14-12-6-8-4-9(10)7-11-5-8/h4-5,7,12H,2-3,6H2,1H3. The number of methoxy groups -OCH3 is 1. The lowest BCUT2D eigenvalue weighted by molar-refractivity contribution is 0.00340. The molecule has 1 N–H and O–H groups in total. The minimum absolute atomic E-state index is 0.346. The molecule has 1 aromatic rings. The van der Waals surface area contributed by atoms with E-state index in [0.29, 0.717) is 19.8 Å². The van der Waals surface area contributed by atoms with Gasteiger partial charge in [0.25, 0.3) is 0 Å². The molecule has 0 aliphatic heterocycles. The van der Waals surface area contributed by atoms with Crippen molar-refractivity contribution in [3.05, 3.63) is 29.8 Å². The van der Waals surface area contributed by atoms with Crippen LogP contribution in [0.3, 0.4) is 0 Å². The predicted octanol–water partition coefficient (Wildman–Crippen LogP) is 0.888. The summed E-state index contributed by atoms with van der Waals surface area (Å²) in [6, 6.07) is 1.40. The van der Waals surface area contributed by atoms with Gasteiger partial charge in [-0.2, -0.15) is 5.48 Å². The third kappa shape index (κ3) is 4.27. The number of halogens is 1. The zero-order valence-electron chi connectivity index (χ0n) is 8.00. The van der Waals surface area contributed by atoms with Crippen molar-refractivity contribution < 1.29 is 14.0 Å². The Kier molecular flexibility index (Phi) is 5.06. The van der Waals surface area contributed by atoms with E-state index in [-0.39, 0.29) is 5.82 Å². The van der Waals surface area contributed by atoms with E-state index in [0.717, 1.165) is 11.8 Å². The van der Waals surface area contributed by atoms with E-state index in [1.54, 1.807) is 13.3 Å². The Morgan fingerprint density at radius 2 is 2.29 bits per heavy atom. The second-order valence-corrected chi connectivity index (χ2v) is 2.67. The molecule has 0 radical (unpaired) electrons. The Morgan fingerprint density at radius 1 is 1.43 bits per heavy atom. The van der Waals surface area contributed by atoms with Crippen molar-refractivity contribution in [2.45, 2.75) is 6.54 Å². The van der Waals surface area contributed by atoms with Gasteiger partial charge < -0.3 is 4.74 Å². The van der Waals surface area contributed by atoms with E-state index in [2.05, 4.69) is 10.5 Å². The van der Waals surface area contributed by atoms with Crippen LogP contribution in [0.4, 0.5) is 4.39 Å². The number of pyridine rings is 1. The molecule has 0 atom stereocenters. The molecule has 0 bridgehead atoms. The summed E-state index contributed by atoms with van der Waals surface area (Å²) in [5, 5.41) is 0. The highest BCUT2D eigenvalue weighted by molar-refractivity contribution is 5.09. The maximum absolute atomic E-state index is 12.6. The average molecular weight is 200 g/mol. The molecule has 0 fully saturated rings. The van der Waals surface area contributed by atoms with E-state index in [4.69, 9.17) is 9.57 Å². The molecule has 0 saturated carbocycles. The highest BCUT2D eigenvalue weighted by Gasteiger charge is 1.95. The van der Waals surface area contributed by atoms with Crippen LogP contribution in [0.15, 0.2) is 18.5 Å². The van der Waals surface area contributed by atoms with Crippen LogP contribution in [-0.2, 0) is 16.1 Å². The van der Waals surface area contributed by atoms with Gasteiger partial charge in [0.1, 0.15) is 5.82 Å². The van der Waals surface area contributed by atoms with Gasteiger partial charge >= 0.3 is 0 Å². The zero-order chi connectivity index (χ0) is 10.2. The molecular formula is C9H13FN2O2. The number of ether oxygens (including phenoxy) is 1. The number of aromatic nitrogens is 1. The van der Waals surface area contributed by atoms with Gasteiger partial charge in [-0.15, -0.1) is 0 Å². The fraction of sp³-hybridized carbons (Fsp3) is 0.444. The number of hydrogen-bond donors (Lipinski definition) is 1. The number of nitrogens with zero attached hydrogens (tertiary/aromatic N) is 1. The molecule has 0 aliphatic rings. The van der Waals surface area contributed by atoms with Crippen LogP contribution in [0.5, 0.6) is 0 Å². The molecule has 14 heavy (non-hydrogen) atoms. The highest BCUT2D eigenvalue weighted by Crippen LogP contribution is 1.99. The smallest absolute Gasteiger partial charge is 0.141 e. The Balaban J connectivity index is 2.18. The first-order valence-electron chi connectivity index (χ1n) is 4.26. The van der Waals surface area contributed by atoms with Crippen molar-refractivity contribution in [1.29, 1.82) is 0 Å². The van der Waals surface area contributed by atoms with Crippen molar-refractivity contribution >= 4 is 0 Å². The highest BCUT2D eigenvalue weighted by atomic mass is 19.1. The van der Waals surface area contributed by atoms with Gasteiger partial charge in [0.05, 0.1) is 19.4 Å². The Labute approximate surface area is 82.0 Å². The molecule has 0 aromatic carbocycles. The third-order valence-electron chi connectivity index (χ3n) is 1.53. The first kappa shape index (κ1) is 11.0. The fourth-order valence-corrected chi connectivity index (χ4v) is 0.884. The average Bonchev–Trinajstić information content (AvgIpc) is 2.18. The lowest BCUT2D eigenvalue weighted by Crippen LogP contribution is -2.17. The monoisotopic (exact) mass is 200 g/mol. The summed E-state index contributed by atoms with van der Waals surface area (Å²) in [4.78, 5) is 8.70. The maximum atomic E-state index is 12.6. The van der Waals surface area contributed by atoms with Crippen LogP contribution in [0.2, 0.25) is 0 Å². The number of nitrogens with one attached hydrogen (secondary N) is 1. The molecule has 5 heteroatoms. The van der Waals surface area contributed by atoms with Crippen molar-refractivity contribution in [3.8, 4) is 0 Å². The Bertz CT molecular complexity index is 271. The largest absolute Gasteiger partial charge is 0.382 e. The quantitative estimate of drug-likeness (QED) is 0.547. The van der Waals surface area contributed by atoms with Crippen molar-refractivity contribution in [1.82, 2.24) is 10.5 Å². The zero-order valence-corrected chi connectivity index (χ0v) is 8.00. The first-order valence-corrected chi connectivity index (χ1v) is 4.26. The molecule has 1 heterocycles. The lowest BCUT2D eigenvalue weighted by Gasteiger charge is -2.04. The number of hydrogen-bond acceptors (Lipinski definition) is 4. The number of rotatable bonds is 6. The van der Waals surface area contributed by atoms with Crippen LogP contribution in [0, 0.1) is 5.82 Å². The normalized spacial score (nSPS) is 10.4. The number of hydroxylamine groups is 1. The molecule has 0 aliphatic carbocycles. The second kappa shape index (κ2) is 6.42. The minimum Gasteiger partial charge on any atom is -0.382 e. The summed E-state index contributed by atoms with van der Waals surface area (Å²) < 4.78 is 17.4. The van der Waals surface area contributed by atoms with Gasteiger partial charge in [-0.3, -0.25) is 9.82 Å². The first-order chi connectivity index (χ1) is 6.83. The molecule has 1 rings (SSSR count). The summed E-state index contributed by atoms with van der Waals surface area (Å²) >= 11 is 0. The lowest BCUT2D eigenvalue weighted by atomic mass is 10.3. The van der Waals surface area contributed by atoms with Gasteiger partial charge in [-0.05, 0) is 11.6 Å². The molecule has 0 spiro atoms. The second-order valence-electron chi connectivity index (χ2n) is 2.67. The minimum atomic E-state index is -0.346. The van der Waals surface area contributed by atoms with Crippen LogP contribution >= 0.6 is 0 Å². The SMILES string of the molecule is COCCONCc1cncc(F)c1. The van der Waals surface area contributed by atoms with Crippen molar-refractivity contribution in [2.24, 2.45) is 0 Å². The maximum Gasteiger partial charge on any atom is 0.141 e. The van der Waals surface area contributed by atoms with Crippen LogP contribution < -0.4 is 5.48 Å². The molecule has 1 aromatic heterocycles. The third-order valence-corrected chi connectivity index (χ3v) is 1.53.